The smallest absolute Gasteiger partial charge is 0.151 e. The van der Waals surface area contributed by atoms with Crippen molar-refractivity contribution in [3.63, 3.8) is 0 Å². The largest absolute Gasteiger partial charge is 0.486 e. The number of nitrogens with one attached hydrogen (secondary N) is 2. The Hall–Kier alpha value is -3.12. The normalized spacial score (nSPS) is 14.8. The number of morpholine rings is 1. The first kappa shape index (κ1) is 32.8. The Morgan fingerprint density at radius 1 is 1.16 bits per heavy atom. The lowest BCUT2D eigenvalue weighted by atomic mass is 10.1. The van der Waals surface area contributed by atoms with Crippen LogP contribution in [0.1, 0.15) is 42.5 Å². The maximum Gasteiger partial charge on any atom is 0.151 e. The summed E-state index contributed by atoms with van der Waals surface area (Å²) in [5, 5.41) is 11.5. The van der Waals surface area contributed by atoms with Gasteiger partial charge in [0.2, 0.25) is 0 Å². The van der Waals surface area contributed by atoms with Crippen molar-refractivity contribution >= 4 is 46.0 Å². The molecule has 9 nitrogen and oxygen atoms in total. The summed E-state index contributed by atoms with van der Waals surface area (Å²) in [4.78, 5) is 10.8. The van der Waals surface area contributed by atoms with Crippen LogP contribution < -0.4 is 10.1 Å². The van der Waals surface area contributed by atoms with Gasteiger partial charge in [-0.1, -0.05) is 29.3 Å². The SMILES string of the molecule is CCOCCNC.C[C@@H](Oc1ccc2[nH]nc(/C(F)=C\c3ccc(CN4CCOCC4)nc3)c2c1)c1c(Cl)cncc1Cl. The molecule has 0 saturated carbocycles. The first-order chi connectivity index (χ1) is 20.9. The summed E-state index contributed by atoms with van der Waals surface area (Å²) in [6.45, 7) is 10.4. The lowest BCUT2D eigenvalue weighted by Gasteiger charge is -2.26. The zero-order valence-corrected chi connectivity index (χ0v) is 26.1. The minimum Gasteiger partial charge on any atom is -0.486 e. The van der Waals surface area contributed by atoms with Gasteiger partial charge >= 0.3 is 0 Å². The monoisotopic (exact) mass is 630 g/mol. The minimum absolute atomic E-state index is 0.195. The Kier molecular flexibility index (Phi) is 12.7. The molecule has 1 aliphatic heterocycles. The van der Waals surface area contributed by atoms with Gasteiger partial charge in [0, 0.05) is 62.3 Å². The van der Waals surface area contributed by atoms with Crippen LogP contribution in [-0.2, 0) is 16.0 Å². The maximum absolute atomic E-state index is 15.3. The van der Waals surface area contributed by atoms with E-state index in [0.29, 0.717) is 37.8 Å². The molecule has 5 rings (SSSR count). The van der Waals surface area contributed by atoms with Crippen molar-refractivity contribution in [2.45, 2.75) is 26.5 Å². The Bertz CT molecular complexity index is 1450. The van der Waals surface area contributed by atoms with E-state index in [2.05, 4.69) is 30.4 Å². The van der Waals surface area contributed by atoms with Crippen molar-refractivity contribution in [1.29, 1.82) is 0 Å². The minimum atomic E-state index is -0.477. The molecule has 0 bridgehead atoms. The molecule has 3 aromatic heterocycles. The molecule has 0 amide bonds. The quantitative estimate of drug-likeness (QED) is 0.185. The van der Waals surface area contributed by atoms with Crippen LogP contribution in [0.4, 0.5) is 4.39 Å². The van der Waals surface area contributed by atoms with Gasteiger partial charge in [-0.25, -0.2) is 4.39 Å². The molecule has 1 aromatic carbocycles. The second kappa shape index (κ2) is 16.7. The number of halogens is 3. The van der Waals surface area contributed by atoms with Crippen LogP contribution in [0.5, 0.6) is 5.75 Å². The van der Waals surface area contributed by atoms with Crippen LogP contribution in [0.25, 0.3) is 22.8 Å². The van der Waals surface area contributed by atoms with E-state index in [4.69, 9.17) is 37.4 Å². The number of hydrogen-bond acceptors (Lipinski definition) is 8. The second-order valence-corrected chi connectivity index (χ2v) is 10.6. The molecular formula is C31H37Cl2FN6O3. The van der Waals surface area contributed by atoms with Gasteiger partial charge in [-0.15, -0.1) is 0 Å². The molecule has 1 atom stereocenters. The predicted octanol–water partition coefficient (Wildman–Crippen LogP) is 6.34. The number of likely N-dealkylation sites (N-methyl/N-ethyl adjacent to an activating group) is 1. The van der Waals surface area contributed by atoms with Crippen LogP contribution in [0.2, 0.25) is 10.0 Å². The van der Waals surface area contributed by atoms with Crippen LogP contribution in [0.3, 0.4) is 0 Å². The summed E-state index contributed by atoms with van der Waals surface area (Å²) in [5.41, 5.74) is 3.10. The number of rotatable bonds is 11. The van der Waals surface area contributed by atoms with E-state index >= 15 is 4.39 Å². The van der Waals surface area contributed by atoms with Crippen LogP contribution >= 0.6 is 23.2 Å². The highest BCUT2D eigenvalue weighted by Crippen LogP contribution is 2.34. The third-order valence-corrected chi connectivity index (χ3v) is 7.30. The van der Waals surface area contributed by atoms with Crippen LogP contribution in [-0.4, -0.2) is 78.2 Å². The fourth-order valence-electron chi connectivity index (χ4n) is 4.46. The van der Waals surface area contributed by atoms with Gasteiger partial charge in [0.15, 0.2) is 5.83 Å². The van der Waals surface area contributed by atoms with Gasteiger partial charge < -0.3 is 19.5 Å². The van der Waals surface area contributed by atoms with Gasteiger partial charge in [-0.3, -0.25) is 20.0 Å². The topological polar surface area (TPSA) is 97.4 Å². The molecule has 1 aliphatic rings. The van der Waals surface area contributed by atoms with Gasteiger partial charge in [-0.05, 0) is 56.8 Å². The molecule has 1 saturated heterocycles. The van der Waals surface area contributed by atoms with Crippen LogP contribution in [0, 0.1) is 0 Å². The number of fused-ring (bicyclic) bond motifs is 1. The summed E-state index contributed by atoms with van der Waals surface area (Å²) < 4.78 is 31.7. The van der Waals surface area contributed by atoms with Crippen LogP contribution in [0.15, 0.2) is 48.9 Å². The fraction of sp³-hybridized carbons (Fsp3) is 0.387. The van der Waals surface area contributed by atoms with E-state index in [1.54, 1.807) is 24.4 Å². The molecule has 0 unspecified atom stereocenters. The van der Waals surface area contributed by atoms with Crippen molar-refractivity contribution in [3.8, 4) is 5.75 Å². The van der Waals surface area contributed by atoms with Crippen molar-refractivity contribution in [2.24, 2.45) is 0 Å². The molecule has 0 aliphatic carbocycles. The summed E-state index contributed by atoms with van der Waals surface area (Å²) in [5.74, 6) is 0.0536. The standard InChI is InChI=1S/C26H24Cl2FN5O2.C5H13NO/c1-16(25-21(27)13-30-14-22(25)28)36-19-4-5-24-20(11-19)26(33-32-24)23(29)10-17-2-3-18(31-12-17)15-34-6-8-35-9-7-34;1-3-7-5-4-6-2/h2-5,10-14,16H,6-9,15H2,1H3,(H,32,33);6H,3-5H2,1-2H3/b23-10+;/t16-;/m1./s1. The number of H-pyrrole nitrogens is 1. The molecule has 1 fully saturated rings. The lowest BCUT2D eigenvalue weighted by Crippen LogP contribution is -2.35. The zero-order valence-electron chi connectivity index (χ0n) is 24.6. The molecule has 4 aromatic rings. The summed E-state index contributed by atoms with van der Waals surface area (Å²) in [6, 6.07) is 9.09. The third kappa shape index (κ3) is 9.43. The first-order valence-electron chi connectivity index (χ1n) is 14.2. The molecule has 230 valence electrons. The zero-order chi connectivity index (χ0) is 30.6. The molecular weight excluding hydrogens is 594 g/mol. The highest BCUT2D eigenvalue weighted by atomic mass is 35.5. The average molecular weight is 632 g/mol. The molecule has 0 radical (unpaired) electrons. The predicted molar refractivity (Wildman–Crippen MR) is 169 cm³/mol. The molecule has 12 heteroatoms. The first-order valence-corrected chi connectivity index (χ1v) is 14.9. The van der Waals surface area contributed by atoms with Gasteiger partial charge in [0.05, 0.1) is 41.1 Å². The molecule has 2 N–H and O–H groups in total. The van der Waals surface area contributed by atoms with E-state index < -0.39 is 11.9 Å². The molecule has 0 spiro atoms. The Balaban J connectivity index is 0.000000541. The average Bonchev–Trinajstić information content (AvgIpc) is 3.43. The van der Waals surface area contributed by atoms with E-state index in [9.17, 15) is 0 Å². The number of benzene rings is 1. The highest BCUT2D eigenvalue weighted by molar-refractivity contribution is 6.35. The Morgan fingerprint density at radius 3 is 2.60 bits per heavy atom. The highest BCUT2D eigenvalue weighted by Gasteiger charge is 2.18. The van der Waals surface area contributed by atoms with Gasteiger partial charge in [0.25, 0.3) is 0 Å². The lowest BCUT2D eigenvalue weighted by molar-refractivity contribution is 0.0336. The number of ether oxygens (including phenoxy) is 3. The Morgan fingerprint density at radius 2 is 1.93 bits per heavy atom. The number of aromatic nitrogens is 4. The van der Waals surface area contributed by atoms with Crippen molar-refractivity contribution < 1.29 is 18.6 Å². The number of aromatic amines is 1. The van der Waals surface area contributed by atoms with E-state index in [0.717, 1.165) is 58.3 Å². The van der Waals surface area contributed by atoms with E-state index in [-0.39, 0.29) is 5.69 Å². The Labute approximate surface area is 261 Å². The number of pyridine rings is 2. The summed E-state index contributed by atoms with van der Waals surface area (Å²) in [6.07, 6.45) is 5.69. The van der Waals surface area contributed by atoms with Crippen molar-refractivity contribution in [3.05, 3.63) is 81.5 Å². The van der Waals surface area contributed by atoms with Crippen molar-refractivity contribution in [2.75, 3.05) is 53.1 Å². The van der Waals surface area contributed by atoms with E-state index in [1.165, 1.54) is 18.5 Å². The summed E-state index contributed by atoms with van der Waals surface area (Å²) >= 11 is 12.5. The number of hydrogen-bond donors (Lipinski definition) is 2. The number of nitrogens with zero attached hydrogens (tertiary/aromatic N) is 4. The maximum atomic E-state index is 15.3. The second-order valence-electron chi connectivity index (χ2n) is 9.82. The van der Waals surface area contributed by atoms with Gasteiger partial charge in [0.1, 0.15) is 17.5 Å². The van der Waals surface area contributed by atoms with Crippen molar-refractivity contribution in [1.82, 2.24) is 30.4 Å². The molecule has 43 heavy (non-hydrogen) atoms. The third-order valence-electron chi connectivity index (χ3n) is 6.70. The fourth-order valence-corrected chi connectivity index (χ4v) is 5.13. The molecule has 4 heterocycles. The van der Waals surface area contributed by atoms with Gasteiger partial charge in [-0.2, -0.15) is 5.10 Å². The van der Waals surface area contributed by atoms with E-state index in [1.807, 2.05) is 33.0 Å². The summed E-state index contributed by atoms with van der Waals surface area (Å²) in [7, 11) is 1.92.